The summed E-state index contributed by atoms with van der Waals surface area (Å²) in [6.45, 7) is 0.184. The Morgan fingerprint density at radius 2 is 1.43 bits per heavy atom. The molecule has 0 aliphatic rings. The van der Waals surface area contributed by atoms with Crippen LogP contribution >= 0.6 is 7.60 Å². The van der Waals surface area contributed by atoms with Gasteiger partial charge in [0.05, 0.1) is 9.85 Å². The number of aromatic nitrogens is 2. The van der Waals surface area contributed by atoms with E-state index in [1.807, 2.05) is 0 Å². The van der Waals surface area contributed by atoms with Crippen LogP contribution in [0.2, 0.25) is 0 Å². The summed E-state index contributed by atoms with van der Waals surface area (Å²) in [7, 11) is -4.06. The molecule has 0 radical (unpaired) electrons. The molecule has 0 atom stereocenters. The molecule has 0 saturated heterocycles. The highest BCUT2D eigenvalue weighted by atomic mass is 31.2. The number of hydrogen-bond donors (Lipinski definition) is 2. The van der Waals surface area contributed by atoms with Gasteiger partial charge < -0.3 is 9.79 Å². The van der Waals surface area contributed by atoms with Gasteiger partial charge in [-0.2, -0.15) is 4.57 Å². The van der Waals surface area contributed by atoms with Crippen LogP contribution in [0, 0.1) is 20.2 Å². The molecule has 154 valence electrons. The summed E-state index contributed by atoms with van der Waals surface area (Å²) in [6, 6.07) is 10.5. The van der Waals surface area contributed by atoms with Gasteiger partial charge >= 0.3 is 13.3 Å². The second-order valence-electron chi connectivity index (χ2n) is 6.39. The molecule has 0 saturated carbocycles. The SMILES string of the molecule is O=[N+]([O-])c1ccc(-[n+]2ccc(-c3cc[n+](CCP(=O)(O)O)cc3)cc2)c([N+](=O)[O-])c1. The highest BCUT2D eigenvalue weighted by molar-refractivity contribution is 7.51. The molecule has 3 rings (SSSR count). The fraction of sp³-hybridized carbons (Fsp3) is 0.111. The first-order valence-corrected chi connectivity index (χ1v) is 10.4. The number of nitro benzene ring substituents is 2. The summed E-state index contributed by atoms with van der Waals surface area (Å²) in [6.07, 6.45) is 6.37. The van der Waals surface area contributed by atoms with Gasteiger partial charge in [0.2, 0.25) is 0 Å². The molecule has 1 aromatic carbocycles. The quantitative estimate of drug-likeness (QED) is 0.250. The van der Waals surface area contributed by atoms with Crippen molar-refractivity contribution >= 4 is 19.0 Å². The Labute approximate surface area is 169 Å². The molecule has 11 nitrogen and oxygen atoms in total. The first-order valence-electron chi connectivity index (χ1n) is 8.63. The summed E-state index contributed by atoms with van der Waals surface area (Å²) in [5.74, 6) is 0. The zero-order valence-corrected chi connectivity index (χ0v) is 16.3. The molecular weight excluding hydrogens is 415 g/mol. The Hall–Kier alpha value is -3.53. The van der Waals surface area contributed by atoms with E-state index in [1.54, 1.807) is 53.6 Å². The lowest BCUT2D eigenvalue weighted by Crippen LogP contribution is -2.34. The topological polar surface area (TPSA) is 152 Å². The van der Waals surface area contributed by atoms with Gasteiger partial charge in [-0.05, 0) is 11.1 Å². The van der Waals surface area contributed by atoms with Crippen LogP contribution in [-0.2, 0) is 11.1 Å². The van der Waals surface area contributed by atoms with Crippen LogP contribution in [0.1, 0.15) is 0 Å². The van der Waals surface area contributed by atoms with E-state index in [0.717, 1.165) is 17.2 Å². The van der Waals surface area contributed by atoms with Crippen LogP contribution < -0.4 is 9.13 Å². The average Bonchev–Trinajstić information content (AvgIpc) is 2.72. The maximum atomic E-state index is 11.3. The molecule has 0 aliphatic heterocycles. The van der Waals surface area contributed by atoms with Gasteiger partial charge in [-0.1, -0.05) is 0 Å². The number of hydrogen-bond acceptors (Lipinski definition) is 5. The highest BCUT2D eigenvalue weighted by Gasteiger charge is 2.26. The molecule has 0 aliphatic carbocycles. The van der Waals surface area contributed by atoms with Crippen LogP contribution in [0.25, 0.3) is 16.8 Å². The predicted octanol–water partition coefficient (Wildman–Crippen LogP) is 1.91. The molecule has 0 unspecified atom stereocenters. The monoisotopic (exact) mass is 432 g/mol. The van der Waals surface area contributed by atoms with Crippen molar-refractivity contribution in [1.82, 2.24) is 0 Å². The Morgan fingerprint density at radius 3 is 1.93 bits per heavy atom. The molecule has 0 bridgehead atoms. The average molecular weight is 432 g/mol. The summed E-state index contributed by atoms with van der Waals surface area (Å²) < 4.78 is 14.1. The lowest BCUT2D eigenvalue weighted by Gasteiger charge is -2.03. The fourth-order valence-electron chi connectivity index (χ4n) is 2.81. The van der Waals surface area contributed by atoms with E-state index in [1.165, 1.54) is 16.7 Å². The summed E-state index contributed by atoms with van der Waals surface area (Å²) in [5, 5.41) is 22.2. The third-order valence-corrected chi connectivity index (χ3v) is 5.13. The molecular formula is C18H17N4O7P+2. The molecule has 30 heavy (non-hydrogen) atoms. The van der Waals surface area contributed by atoms with Crippen molar-refractivity contribution in [2.75, 3.05) is 6.16 Å². The van der Waals surface area contributed by atoms with Crippen molar-refractivity contribution in [3.63, 3.8) is 0 Å². The number of rotatable bonds is 7. The van der Waals surface area contributed by atoms with E-state index in [-0.39, 0.29) is 29.8 Å². The predicted molar refractivity (Wildman–Crippen MR) is 104 cm³/mol. The normalized spacial score (nSPS) is 11.3. The maximum Gasteiger partial charge on any atom is 0.347 e. The van der Waals surface area contributed by atoms with Crippen molar-refractivity contribution in [3.05, 3.63) is 87.5 Å². The van der Waals surface area contributed by atoms with Crippen LogP contribution in [0.3, 0.4) is 0 Å². The van der Waals surface area contributed by atoms with Crippen LogP contribution in [0.5, 0.6) is 0 Å². The molecule has 2 aromatic heterocycles. The van der Waals surface area contributed by atoms with Crippen LogP contribution in [0.15, 0.2) is 67.3 Å². The van der Waals surface area contributed by atoms with Crippen molar-refractivity contribution in [2.45, 2.75) is 6.54 Å². The molecule has 0 amide bonds. The standard InChI is InChI=1S/C18H15N4O7P/c23-21(24)16-1-2-17(18(13-16)22(25)26)20-9-5-15(6-10-20)14-3-7-19(8-4-14)11-12-30(27,28)29/h1-10,13H,11-12H2/p+2. The molecule has 0 spiro atoms. The minimum absolute atomic E-state index is 0.184. The second kappa shape index (κ2) is 8.46. The van der Waals surface area contributed by atoms with E-state index in [9.17, 15) is 24.8 Å². The van der Waals surface area contributed by atoms with Gasteiger partial charge in [0, 0.05) is 36.4 Å². The first kappa shape index (κ1) is 21.2. The lowest BCUT2D eigenvalue weighted by atomic mass is 10.1. The maximum absolute atomic E-state index is 11.3. The fourth-order valence-corrected chi connectivity index (χ4v) is 3.31. The summed E-state index contributed by atoms with van der Waals surface area (Å²) in [5.41, 5.74) is 1.11. The zero-order valence-electron chi connectivity index (χ0n) is 15.4. The van der Waals surface area contributed by atoms with E-state index in [4.69, 9.17) is 9.79 Å². The third kappa shape index (κ3) is 5.09. The molecule has 12 heteroatoms. The van der Waals surface area contributed by atoms with E-state index in [0.29, 0.717) is 0 Å². The molecule has 2 N–H and O–H groups in total. The first-order chi connectivity index (χ1) is 14.1. The Kier molecular flexibility index (Phi) is 5.97. The third-order valence-electron chi connectivity index (χ3n) is 4.35. The Balaban J connectivity index is 1.84. The lowest BCUT2D eigenvalue weighted by molar-refractivity contribution is -0.692. The van der Waals surface area contributed by atoms with Gasteiger partial charge in [-0.15, -0.1) is 0 Å². The van der Waals surface area contributed by atoms with Crippen molar-refractivity contribution < 1.29 is 33.3 Å². The highest BCUT2D eigenvalue weighted by Crippen LogP contribution is 2.33. The van der Waals surface area contributed by atoms with Crippen LogP contribution in [0.4, 0.5) is 11.4 Å². The van der Waals surface area contributed by atoms with Crippen molar-refractivity contribution in [3.8, 4) is 16.8 Å². The summed E-state index contributed by atoms with van der Waals surface area (Å²) in [4.78, 5) is 38.7. The number of nitro groups is 2. The van der Waals surface area contributed by atoms with Gasteiger partial charge in [-0.3, -0.25) is 24.8 Å². The van der Waals surface area contributed by atoms with Gasteiger partial charge in [0.15, 0.2) is 31.3 Å². The van der Waals surface area contributed by atoms with Gasteiger partial charge in [-0.25, -0.2) is 4.57 Å². The Morgan fingerprint density at radius 1 is 0.867 bits per heavy atom. The molecule has 0 fully saturated rings. The van der Waals surface area contributed by atoms with Crippen LogP contribution in [-0.4, -0.2) is 25.8 Å². The zero-order chi connectivity index (χ0) is 21.9. The van der Waals surface area contributed by atoms with Crippen molar-refractivity contribution in [2.24, 2.45) is 0 Å². The minimum Gasteiger partial charge on any atom is -0.324 e. The van der Waals surface area contributed by atoms with Crippen molar-refractivity contribution in [1.29, 1.82) is 0 Å². The molecule has 2 heterocycles. The largest absolute Gasteiger partial charge is 0.347 e. The summed E-state index contributed by atoms with van der Waals surface area (Å²) >= 11 is 0. The van der Waals surface area contributed by atoms with E-state index >= 15 is 0 Å². The van der Waals surface area contributed by atoms with Gasteiger partial charge in [0.1, 0.15) is 12.2 Å². The molecule has 3 aromatic rings. The van der Waals surface area contributed by atoms with E-state index in [2.05, 4.69) is 0 Å². The number of benzene rings is 1. The number of nitrogens with zero attached hydrogens (tertiary/aromatic N) is 4. The number of aryl methyl sites for hydroxylation is 1. The number of pyridine rings is 2. The number of non-ortho nitro benzene ring substituents is 1. The minimum atomic E-state index is -4.06. The Bertz CT molecular complexity index is 1140. The second-order valence-corrected chi connectivity index (χ2v) is 8.17. The smallest absolute Gasteiger partial charge is 0.324 e. The van der Waals surface area contributed by atoms with E-state index < -0.39 is 17.4 Å². The van der Waals surface area contributed by atoms with Gasteiger partial charge in [0.25, 0.3) is 11.4 Å².